The summed E-state index contributed by atoms with van der Waals surface area (Å²) in [5.41, 5.74) is 5.80. The maximum atomic E-state index is 12.4. The third-order valence-corrected chi connectivity index (χ3v) is 4.87. The van der Waals surface area contributed by atoms with Crippen LogP contribution in [0.3, 0.4) is 0 Å². The van der Waals surface area contributed by atoms with Gasteiger partial charge in [-0.1, -0.05) is 25.7 Å². The van der Waals surface area contributed by atoms with E-state index in [1.807, 2.05) is 0 Å². The first kappa shape index (κ1) is 13.9. The largest absolute Gasteiger partial charge is 0.351 e. The smallest absolute Gasteiger partial charge is 0.223 e. The average molecular weight is 252 g/mol. The Bertz CT molecular complexity index is 284. The van der Waals surface area contributed by atoms with Crippen LogP contribution in [0.25, 0.3) is 0 Å². The molecule has 18 heavy (non-hydrogen) atoms. The third-order valence-electron chi connectivity index (χ3n) is 4.87. The van der Waals surface area contributed by atoms with Gasteiger partial charge in [0.15, 0.2) is 0 Å². The van der Waals surface area contributed by atoms with E-state index in [-0.39, 0.29) is 17.4 Å². The molecule has 0 aliphatic heterocycles. The Hall–Kier alpha value is -0.570. The van der Waals surface area contributed by atoms with Crippen LogP contribution in [0.2, 0.25) is 0 Å². The lowest BCUT2D eigenvalue weighted by Crippen LogP contribution is -2.50. The molecule has 2 atom stereocenters. The molecule has 0 saturated heterocycles. The Labute approximate surface area is 111 Å². The maximum absolute atomic E-state index is 12.4. The minimum absolute atomic E-state index is 0.0605. The molecule has 2 aliphatic carbocycles. The zero-order chi connectivity index (χ0) is 13.0. The number of carbonyl (C=O) groups excluding carboxylic acids is 1. The maximum Gasteiger partial charge on any atom is 0.223 e. The van der Waals surface area contributed by atoms with Crippen LogP contribution in [0, 0.1) is 11.8 Å². The molecule has 1 amide bonds. The van der Waals surface area contributed by atoms with E-state index in [1.165, 1.54) is 25.7 Å². The van der Waals surface area contributed by atoms with Crippen LogP contribution >= 0.6 is 0 Å². The Morgan fingerprint density at radius 1 is 1.22 bits per heavy atom. The second-order valence-electron chi connectivity index (χ2n) is 6.58. The van der Waals surface area contributed by atoms with Crippen LogP contribution in [-0.2, 0) is 4.79 Å². The molecule has 3 N–H and O–H groups in total. The number of nitrogens with two attached hydrogens (primary N) is 1. The molecule has 0 aromatic rings. The van der Waals surface area contributed by atoms with Crippen LogP contribution in [0.5, 0.6) is 0 Å². The summed E-state index contributed by atoms with van der Waals surface area (Å²) in [5.74, 6) is 1.07. The molecule has 3 nitrogen and oxygen atoms in total. The standard InChI is InChI=1S/C15H28N2O/c1-15(8-3-2-4-9-15)17-14(18)13-7-5-6-12(10-13)11-16/h12-13H,2-11,16H2,1H3,(H,17,18). The summed E-state index contributed by atoms with van der Waals surface area (Å²) >= 11 is 0. The number of carbonyl (C=O) groups is 1. The zero-order valence-electron chi connectivity index (χ0n) is 11.7. The quantitative estimate of drug-likeness (QED) is 0.811. The third kappa shape index (κ3) is 3.47. The molecule has 0 bridgehead atoms. The van der Waals surface area contributed by atoms with Crippen molar-refractivity contribution in [2.45, 2.75) is 70.3 Å². The van der Waals surface area contributed by atoms with Crippen molar-refractivity contribution in [3.63, 3.8) is 0 Å². The lowest BCUT2D eigenvalue weighted by atomic mass is 9.79. The highest BCUT2D eigenvalue weighted by atomic mass is 16.2. The lowest BCUT2D eigenvalue weighted by Gasteiger charge is -2.37. The molecule has 0 spiro atoms. The highest BCUT2D eigenvalue weighted by Crippen LogP contribution is 2.31. The van der Waals surface area contributed by atoms with E-state index in [2.05, 4.69) is 12.2 Å². The average Bonchev–Trinajstić information content (AvgIpc) is 2.39. The monoisotopic (exact) mass is 252 g/mol. The summed E-state index contributed by atoms with van der Waals surface area (Å²) < 4.78 is 0. The predicted molar refractivity (Wildman–Crippen MR) is 74.1 cm³/mol. The van der Waals surface area contributed by atoms with Gasteiger partial charge in [-0.3, -0.25) is 4.79 Å². The first-order chi connectivity index (χ1) is 8.63. The van der Waals surface area contributed by atoms with E-state index in [9.17, 15) is 4.79 Å². The second-order valence-corrected chi connectivity index (χ2v) is 6.58. The molecule has 0 aromatic heterocycles. The first-order valence-corrected chi connectivity index (χ1v) is 7.65. The van der Waals surface area contributed by atoms with Gasteiger partial charge < -0.3 is 11.1 Å². The highest BCUT2D eigenvalue weighted by molar-refractivity contribution is 5.79. The molecule has 3 heteroatoms. The van der Waals surface area contributed by atoms with Crippen molar-refractivity contribution in [2.24, 2.45) is 17.6 Å². The van der Waals surface area contributed by atoms with Gasteiger partial charge in [0.05, 0.1) is 0 Å². The van der Waals surface area contributed by atoms with Crippen molar-refractivity contribution in [1.82, 2.24) is 5.32 Å². The van der Waals surface area contributed by atoms with Crippen molar-refractivity contribution in [3.8, 4) is 0 Å². The molecule has 2 aliphatic rings. The number of hydrogen-bond acceptors (Lipinski definition) is 2. The Kier molecular flexibility index (Phi) is 4.66. The molecular formula is C15H28N2O. The van der Waals surface area contributed by atoms with Crippen molar-refractivity contribution in [3.05, 3.63) is 0 Å². The van der Waals surface area contributed by atoms with Gasteiger partial charge in [0.2, 0.25) is 5.91 Å². The van der Waals surface area contributed by atoms with E-state index < -0.39 is 0 Å². The molecule has 2 unspecified atom stereocenters. The van der Waals surface area contributed by atoms with Crippen molar-refractivity contribution in [1.29, 1.82) is 0 Å². The van der Waals surface area contributed by atoms with Crippen LogP contribution in [0.15, 0.2) is 0 Å². The molecule has 2 saturated carbocycles. The van der Waals surface area contributed by atoms with Gasteiger partial charge in [0, 0.05) is 11.5 Å². The van der Waals surface area contributed by atoms with Gasteiger partial charge in [0.1, 0.15) is 0 Å². The number of hydrogen-bond donors (Lipinski definition) is 2. The highest BCUT2D eigenvalue weighted by Gasteiger charge is 2.33. The number of amides is 1. The molecule has 0 heterocycles. The van der Waals surface area contributed by atoms with E-state index in [0.29, 0.717) is 5.92 Å². The summed E-state index contributed by atoms with van der Waals surface area (Å²) in [6.45, 7) is 2.95. The summed E-state index contributed by atoms with van der Waals surface area (Å²) in [6, 6.07) is 0. The fourth-order valence-electron chi connectivity index (χ4n) is 3.60. The second kappa shape index (κ2) is 6.05. The van der Waals surface area contributed by atoms with E-state index in [4.69, 9.17) is 5.73 Å². The zero-order valence-corrected chi connectivity index (χ0v) is 11.7. The molecule has 2 rings (SSSR count). The SMILES string of the molecule is CC1(NC(=O)C2CCCC(CN)C2)CCCCC1. The molecule has 2 fully saturated rings. The molecule has 104 valence electrons. The van der Waals surface area contributed by atoms with Gasteiger partial charge >= 0.3 is 0 Å². The van der Waals surface area contributed by atoms with Gasteiger partial charge in [-0.15, -0.1) is 0 Å². The number of nitrogens with one attached hydrogen (secondary N) is 1. The van der Waals surface area contributed by atoms with Crippen LogP contribution in [-0.4, -0.2) is 18.0 Å². The predicted octanol–water partition coefficient (Wildman–Crippen LogP) is 2.59. The van der Waals surface area contributed by atoms with Gasteiger partial charge in [-0.25, -0.2) is 0 Å². The van der Waals surface area contributed by atoms with E-state index >= 15 is 0 Å². The van der Waals surface area contributed by atoms with E-state index in [1.54, 1.807) is 0 Å². The first-order valence-electron chi connectivity index (χ1n) is 7.65. The minimum atomic E-state index is 0.0605. The van der Waals surface area contributed by atoms with Crippen molar-refractivity contribution in [2.75, 3.05) is 6.54 Å². The van der Waals surface area contributed by atoms with Gasteiger partial charge in [0.25, 0.3) is 0 Å². The lowest BCUT2D eigenvalue weighted by molar-refractivity contribution is -0.128. The van der Waals surface area contributed by atoms with Crippen LogP contribution < -0.4 is 11.1 Å². The van der Waals surface area contributed by atoms with Crippen LogP contribution in [0.4, 0.5) is 0 Å². The minimum Gasteiger partial charge on any atom is -0.351 e. The topological polar surface area (TPSA) is 55.1 Å². The molecular weight excluding hydrogens is 224 g/mol. The summed E-state index contributed by atoms with van der Waals surface area (Å²) in [4.78, 5) is 12.4. The summed E-state index contributed by atoms with van der Waals surface area (Å²) in [5, 5.41) is 3.33. The Morgan fingerprint density at radius 2 is 1.94 bits per heavy atom. The van der Waals surface area contributed by atoms with Crippen molar-refractivity contribution < 1.29 is 4.79 Å². The fraction of sp³-hybridized carbons (Fsp3) is 0.933. The van der Waals surface area contributed by atoms with Gasteiger partial charge in [-0.2, -0.15) is 0 Å². The Morgan fingerprint density at radius 3 is 2.61 bits per heavy atom. The summed E-state index contributed by atoms with van der Waals surface area (Å²) in [7, 11) is 0. The molecule has 0 radical (unpaired) electrons. The van der Waals surface area contributed by atoms with Gasteiger partial charge in [-0.05, 0) is 51.5 Å². The molecule has 0 aromatic carbocycles. The van der Waals surface area contributed by atoms with Crippen LogP contribution in [0.1, 0.15) is 64.7 Å². The summed E-state index contributed by atoms with van der Waals surface area (Å²) in [6.07, 6.45) is 10.5. The number of rotatable bonds is 3. The van der Waals surface area contributed by atoms with Crippen molar-refractivity contribution >= 4 is 5.91 Å². The normalized spacial score (nSPS) is 31.9. The Balaban J connectivity index is 1.86. The fourth-order valence-corrected chi connectivity index (χ4v) is 3.60. The van der Waals surface area contributed by atoms with E-state index in [0.717, 1.165) is 38.6 Å².